The lowest BCUT2D eigenvalue weighted by Gasteiger charge is -2.22. The minimum atomic E-state index is -0.397. The quantitative estimate of drug-likeness (QED) is 0.522. The number of nitrogens with one attached hydrogen (secondary N) is 1. The SMILES string of the molecule is Cc1ccc(C2CC2)c(Oc2ccc(-n3ncc(NCC4CCCOC4)c(Cl)c3=O)cn2)c1. The Balaban J connectivity index is 1.30. The number of nitrogens with zero attached hydrogens (tertiary/aromatic N) is 3. The maximum absolute atomic E-state index is 12.8. The Bertz CT molecular complexity index is 1190. The summed E-state index contributed by atoms with van der Waals surface area (Å²) in [6, 6.07) is 9.79. The van der Waals surface area contributed by atoms with Crippen LogP contribution in [0.5, 0.6) is 11.6 Å². The van der Waals surface area contributed by atoms with Gasteiger partial charge in [0, 0.05) is 19.2 Å². The zero-order valence-electron chi connectivity index (χ0n) is 18.6. The summed E-state index contributed by atoms with van der Waals surface area (Å²) < 4.78 is 12.8. The van der Waals surface area contributed by atoms with E-state index in [9.17, 15) is 4.79 Å². The number of pyridine rings is 1. The molecule has 1 aliphatic carbocycles. The van der Waals surface area contributed by atoms with Crippen molar-refractivity contribution in [3.63, 3.8) is 0 Å². The highest BCUT2D eigenvalue weighted by Crippen LogP contribution is 2.45. The van der Waals surface area contributed by atoms with E-state index < -0.39 is 5.56 Å². The van der Waals surface area contributed by atoms with E-state index >= 15 is 0 Å². The van der Waals surface area contributed by atoms with Crippen molar-refractivity contribution in [1.29, 1.82) is 0 Å². The first kappa shape index (κ1) is 21.9. The summed E-state index contributed by atoms with van der Waals surface area (Å²) in [6.45, 7) is 4.28. The standard InChI is InChI=1S/C25H27ClN4O3/c1-16-4-8-20(18-5-6-18)22(11-16)33-23-9-7-19(13-28-23)30-25(31)24(26)21(14-29-30)27-12-17-3-2-10-32-15-17/h4,7-9,11,13-14,17-18,27H,2-3,5-6,10,12,15H2,1H3. The number of aryl methyl sites for hydroxylation is 1. The molecule has 7 nitrogen and oxygen atoms in total. The second kappa shape index (κ2) is 9.53. The van der Waals surface area contributed by atoms with E-state index in [1.807, 2.05) is 13.0 Å². The molecule has 5 rings (SSSR count). The molecule has 1 saturated heterocycles. The van der Waals surface area contributed by atoms with Gasteiger partial charge in [0.15, 0.2) is 0 Å². The van der Waals surface area contributed by atoms with Crippen molar-refractivity contribution in [2.45, 2.75) is 38.5 Å². The van der Waals surface area contributed by atoms with Crippen LogP contribution in [0.2, 0.25) is 5.02 Å². The summed E-state index contributed by atoms with van der Waals surface area (Å²) in [6.07, 6.45) is 7.69. The predicted octanol–water partition coefficient (Wildman–Crippen LogP) is 5.10. The van der Waals surface area contributed by atoms with Crippen LogP contribution in [0.4, 0.5) is 5.69 Å². The van der Waals surface area contributed by atoms with Crippen molar-refractivity contribution in [1.82, 2.24) is 14.8 Å². The van der Waals surface area contributed by atoms with E-state index in [-0.39, 0.29) is 5.02 Å². The molecule has 3 heterocycles. The van der Waals surface area contributed by atoms with E-state index in [0.29, 0.717) is 35.6 Å². The maximum Gasteiger partial charge on any atom is 0.292 e. The van der Waals surface area contributed by atoms with E-state index in [1.165, 1.54) is 23.1 Å². The molecule has 1 saturated carbocycles. The summed E-state index contributed by atoms with van der Waals surface area (Å²) in [5, 5.41) is 7.64. The lowest BCUT2D eigenvalue weighted by Crippen LogP contribution is -2.26. The minimum absolute atomic E-state index is 0.107. The fourth-order valence-corrected chi connectivity index (χ4v) is 4.29. The molecule has 1 aliphatic heterocycles. The Morgan fingerprint density at radius 2 is 2.09 bits per heavy atom. The van der Waals surface area contributed by atoms with Gasteiger partial charge in [-0.3, -0.25) is 4.79 Å². The minimum Gasteiger partial charge on any atom is -0.439 e. The van der Waals surface area contributed by atoms with Gasteiger partial charge < -0.3 is 14.8 Å². The Morgan fingerprint density at radius 1 is 1.21 bits per heavy atom. The fraction of sp³-hybridized carbons (Fsp3) is 0.400. The van der Waals surface area contributed by atoms with Gasteiger partial charge in [0.05, 0.1) is 30.4 Å². The van der Waals surface area contributed by atoms with Crippen LogP contribution in [-0.2, 0) is 4.74 Å². The number of ether oxygens (including phenoxy) is 2. The van der Waals surface area contributed by atoms with Crippen LogP contribution < -0.4 is 15.6 Å². The highest BCUT2D eigenvalue weighted by atomic mass is 35.5. The maximum atomic E-state index is 12.8. The van der Waals surface area contributed by atoms with Crippen molar-refractivity contribution < 1.29 is 9.47 Å². The molecule has 2 aromatic heterocycles. The van der Waals surface area contributed by atoms with Crippen molar-refractivity contribution in [2.75, 3.05) is 25.1 Å². The van der Waals surface area contributed by atoms with Crippen LogP contribution in [0.3, 0.4) is 0 Å². The smallest absolute Gasteiger partial charge is 0.292 e. The van der Waals surface area contributed by atoms with Crippen LogP contribution in [0.15, 0.2) is 47.5 Å². The van der Waals surface area contributed by atoms with Crippen molar-refractivity contribution >= 4 is 17.3 Å². The second-order valence-electron chi connectivity index (χ2n) is 8.83. The molecule has 0 spiro atoms. The van der Waals surface area contributed by atoms with Crippen LogP contribution in [-0.4, -0.2) is 34.5 Å². The van der Waals surface area contributed by atoms with Gasteiger partial charge in [-0.1, -0.05) is 23.7 Å². The summed E-state index contributed by atoms with van der Waals surface area (Å²) in [5.74, 6) is 2.29. The molecule has 0 radical (unpaired) electrons. The second-order valence-corrected chi connectivity index (χ2v) is 9.20. The number of halogens is 1. The normalized spacial score (nSPS) is 18.2. The number of hydrogen-bond acceptors (Lipinski definition) is 6. The first-order valence-electron chi connectivity index (χ1n) is 11.4. The van der Waals surface area contributed by atoms with Gasteiger partial charge in [-0.05, 0) is 67.7 Å². The molecule has 1 atom stereocenters. The zero-order valence-corrected chi connectivity index (χ0v) is 19.3. The average molecular weight is 467 g/mol. The third-order valence-corrected chi connectivity index (χ3v) is 6.49. The van der Waals surface area contributed by atoms with Gasteiger partial charge in [-0.25, -0.2) is 4.98 Å². The molecule has 1 unspecified atom stereocenters. The lowest BCUT2D eigenvalue weighted by molar-refractivity contribution is 0.0595. The molecule has 33 heavy (non-hydrogen) atoms. The fourth-order valence-electron chi connectivity index (χ4n) is 4.10. The van der Waals surface area contributed by atoms with Crippen molar-refractivity contribution in [3.8, 4) is 17.3 Å². The predicted molar refractivity (Wildman–Crippen MR) is 128 cm³/mol. The molecule has 2 fully saturated rings. The molecule has 2 aliphatic rings. The highest BCUT2D eigenvalue weighted by Gasteiger charge is 2.27. The largest absolute Gasteiger partial charge is 0.439 e. The van der Waals surface area contributed by atoms with Crippen molar-refractivity contribution in [3.05, 3.63) is 69.2 Å². The third-order valence-electron chi connectivity index (χ3n) is 6.12. The molecule has 8 heteroatoms. The molecular formula is C25H27ClN4O3. The Kier molecular flexibility index (Phi) is 6.33. The number of rotatable bonds is 7. The van der Waals surface area contributed by atoms with Crippen LogP contribution >= 0.6 is 11.6 Å². The van der Waals surface area contributed by atoms with E-state index in [4.69, 9.17) is 21.1 Å². The molecule has 172 valence electrons. The van der Waals surface area contributed by atoms with Crippen LogP contribution in [0.25, 0.3) is 5.69 Å². The van der Waals surface area contributed by atoms with Gasteiger partial charge >= 0.3 is 0 Å². The Morgan fingerprint density at radius 3 is 2.82 bits per heavy atom. The zero-order chi connectivity index (χ0) is 22.8. The van der Waals surface area contributed by atoms with E-state index in [0.717, 1.165) is 37.4 Å². The van der Waals surface area contributed by atoms with Crippen molar-refractivity contribution in [2.24, 2.45) is 5.92 Å². The summed E-state index contributed by atoms with van der Waals surface area (Å²) in [5.41, 5.74) is 3.02. The third kappa shape index (κ3) is 5.04. The highest BCUT2D eigenvalue weighted by molar-refractivity contribution is 6.32. The van der Waals surface area contributed by atoms with Crippen LogP contribution in [0, 0.1) is 12.8 Å². The first-order valence-corrected chi connectivity index (χ1v) is 11.8. The first-order chi connectivity index (χ1) is 16.1. The number of benzene rings is 1. The van der Waals surface area contributed by atoms with Crippen LogP contribution in [0.1, 0.15) is 42.7 Å². The molecule has 0 bridgehead atoms. The Labute approximate surface area is 197 Å². The summed E-state index contributed by atoms with van der Waals surface area (Å²) in [4.78, 5) is 17.2. The van der Waals surface area contributed by atoms with Gasteiger partial charge in [-0.2, -0.15) is 9.78 Å². The molecule has 1 N–H and O–H groups in total. The molecule has 1 aromatic carbocycles. The monoisotopic (exact) mass is 466 g/mol. The number of aromatic nitrogens is 3. The average Bonchev–Trinajstić information content (AvgIpc) is 3.67. The molecular weight excluding hydrogens is 440 g/mol. The van der Waals surface area contributed by atoms with Gasteiger partial charge in [0.1, 0.15) is 10.8 Å². The molecule has 3 aromatic rings. The summed E-state index contributed by atoms with van der Waals surface area (Å²) in [7, 11) is 0. The lowest BCUT2D eigenvalue weighted by atomic mass is 10.0. The number of hydrogen-bond donors (Lipinski definition) is 1. The summed E-state index contributed by atoms with van der Waals surface area (Å²) >= 11 is 6.36. The number of anilines is 1. The molecule has 0 amide bonds. The van der Waals surface area contributed by atoms with E-state index in [2.05, 4.69) is 27.5 Å². The van der Waals surface area contributed by atoms with Gasteiger partial charge in [0.2, 0.25) is 5.88 Å². The Hall–Kier alpha value is -2.90. The van der Waals surface area contributed by atoms with E-state index in [1.54, 1.807) is 24.5 Å². The van der Waals surface area contributed by atoms with Gasteiger partial charge in [-0.15, -0.1) is 0 Å². The van der Waals surface area contributed by atoms with Gasteiger partial charge in [0.25, 0.3) is 5.56 Å². The topological polar surface area (TPSA) is 78.3 Å².